The van der Waals surface area contributed by atoms with Gasteiger partial charge in [-0.15, -0.1) is 0 Å². The smallest absolute Gasteiger partial charge is 0.253 e. The van der Waals surface area contributed by atoms with Crippen LogP contribution in [-0.2, 0) is 0 Å². The number of hydrogen-bond acceptors (Lipinski definition) is 4. The number of aliphatic hydroxyl groups is 1. The van der Waals surface area contributed by atoms with E-state index >= 15 is 0 Å². The minimum Gasteiger partial charge on any atom is -0.393 e. The normalized spacial score (nSPS) is 22.3. The van der Waals surface area contributed by atoms with Gasteiger partial charge in [0.25, 0.3) is 5.91 Å². The fourth-order valence-electron chi connectivity index (χ4n) is 2.37. The van der Waals surface area contributed by atoms with Crippen molar-refractivity contribution in [2.45, 2.75) is 51.2 Å². The first-order valence-corrected chi connectivity index (χ1v) is 7.38. The largest absolute Gasteiger partial charge is 0.393 e. The number of carbonyl (C=O) groups excluding carboxylic acids is 1. The first-order chi connectivity index (χ1) is 9.69. The van der Waals surface area contributed by atoms with E-state index in [9.17, 15) is 9.90 Å². The Bertz CT molecular complexity index is 425. The maximum absolute atomic E-state index is 12.1. The lowest BCUT2D eigenvalue weighted by atomic mass is 9.93. The first-order valence-electron chi connectivity index (χ1n) is 7.38. The molecular weight excluding hydrogens is 254 g/mol. The van der Waals surface area contributed by atoms with Crippen molar-refractivity contribution in [3.63, 3.8) is 0 Å². The van der Waals surface area contributed by atoms with Crippen LogP contribution in [0.2, 0.25) is 0 Å². The molecule has 1 fully saturated rings. The molecule has 110 valence electrons. The summed E-state index contributed by atoms with van der Waals surface area (Å²) in [5.41, 5.74) is 0.582. The first kappa shape index (κ1) is 14.8. The summed E-state index contributed by atoms with van der Waals surface area (Å²) in [6.07, 6.45) is 5.66. The monoisotopic (exact) mass is 277 g/mol. The number of rotatable bonds is 5. The molecule has 5 nitrogen and oxygen atoms in total. The highest BCUT2D eigenvalue weighted by Gasteiger charge is 2.21. The highest BCUT2D eigenvalue weighted by Crippen LogP contribution is 2.18. The molecule has 0 spiro atoms. The molecule has 1 heterocycles. The number of nitrogens with zero attached hydrogens (tertiary/aromatic N) is 1. The van der Waals surface area contributed by atoms with Crippen LogP contribution < -0.4 is 10.6 Å². The lowest BCUT2D eigenvalue weighted by molar-refractivity contribution is 0.0867. The molecular formula is C15H23N3O2. The molecule has 0 aliphatic heterocycles. The van der Waals surface area contributed by atoms with E-state index in [1.54, 1.807) is 12.3 Å². The summed E-state index contributed by atoms with van der Waals surface area (Å²) in [7, 11) is 0. The lowest BCUT2D eigenvalue weighted by Crippen LogP contribution is -2.38. The maximum atomic E-state index is 12.1. The van der Waals surface area contributed by atoms with Crippen molar-refractivity contribution in [2.75, 3.05) is 11.9 Å². The van der Waals surface area contributed by atoms with Gasteiger partial charge in [-0.2, -0.15) is 0 Å². The van der Waals surface area contributed by atoms with E-state index in [0.29, 0.717) is 5.56 Å². The van der Waals surface area contributed by atoms with Gasteiger partial charge in [0, 0.05) is 18.8 Å². The van der Waals surface area contributed by atoms with E-state index in [-0.39, 0.29) is 18.1 Å². The molecule has 1 amide bonds. The molecule has 0 unspecified atom stereocenters. The second-order valence-electron chi connectivity index (χ2n) is 5.34. The second-order valence-corrected chi connectivity index (χ2v) is 5.34. The molecule has 0 saturated heterocycles. The summed E-state index contributed by atoms with van der Waals surface area (Å²) in [6, 6.07) is 3.79. The van der Waals surface area contributed by atoms with Crippen molar-refractivity contribution < 1.29 is 9.90 Å². The van der Waals surface area contributed by atoms with Gasteiger partial charge in [0.05, 0.1) is 11.7 Å². The third-order valence-electron chi connectivity index (χ3n) is 3.61. The average Bonchev–Trinajstić information content (AvgIpc) is 2.48. The second kappa shape index (κ2) is 7.24. The summed E-state index contributed by atoms with van der Waals surface area (Å²) in [5, 5.41) is 15.6. The molecule has 1 saturated carbocycles. The zero-order valence-electron chi connectivity index (χ0n) is 11.9. The van der Waals surface area contributed by atoms with Gasteiger partial charge in [0.15, 0.2) is 0 Å². The average molecular weight is 277 g/mol. The summed E-state index contributed by atoms with van der Waals surface area (Å²) in [4.78, 5) is 16.3. The van der Waals surface area contributed by atoms with E-state index in [4.69, 9.17) is 0 Å². The topological polar surface area (TPSA) is 74.2 Å². The van der Waals surface area contributed by atoms with Gasteiger partial charge in [-0.25, -0.2) is 4.98 Å². The van der Waals surface area contributed by atoms with E-state index in [2.05, 4.69) is 22.5 Å². The molecule has 1 aliphatic carbocycles. The van der Waals surface area contributed by atoms with Crippen molar-refractivity contribution in [3.8, 4) is 0 Å². The molecule has 0 bridgehead atoms. The molecule has 5 heteroatoms. The number of pyridine rings is 1. The van der Waals surface area contributed by atoms with Crippen molar-refractivity contribution >= 4 is 11.7 Å². The summed E-state index contributed by atoms with van der Waals surface area (Å²) < 4.78 is 0. The molecule has 3 N–H and O–H groups in total. The van der Waals surface area contributed by atoms with Crippen LogP contribution in [0.5, 0.6) is 0 Å². The summed E-state index contributed by atoms with van der Waals surface area (Å²) in [6.45, 7) is 2.97. The molecule has 1 aromatic heterocycles. The summed E-state index contributed by atoms with van der Waals surface area (Å²) >= 11 is 0. The molecule has 0 atom stereocenters. The van der Waals surface area contributed by atoms with Crippen molar-refractivity contribution in [1.82, 2.24) is 10.3 Å². The van der Waals surface area contributed by atoms with Crippen LogP contribution in [0.15, 0.2) is 18.3 Å². The van der Waals surface area contributed by atoms with Crippen molar-refractivity contribution in [1.29, 1.82) is 0 Å². The van der Waals surface area contributed by atoms with E-state index in [1.807, 2.05) is 6.07 Å². The van der Waals surface area contributed by atoms with Gasteiger partial charge in [-0.05, 0) is 44.2 Å². The molecule has 2 rings (SSSR count). The zero-order valence-corrected chi connectivity index (χ0v) is 11.9. The molecule has 0 radical (unpaired) electrons. The standard InChI is InChI=1S/C15H23N3O2/c1-2-9-16-14-8-3-11(10-17-14)15(20)18-12-4-6-13(19)7-5-12/h3,8,10,12-13,19H,2,4-7,9H2,1H3,(H,16,17)(H,18,20). The third kappa shape index (κ3) is 4.20. The van der Waals surface area contributed by atoms with Gasteiger partial charge in [0.2, 0.25) is 0 Å². The Labute approximate surface area is 119 Å². The minimum absolute atomic E-state index is 0.0825. The number of aliphatic hydroxyl groups excluding tert-OH is 1. The number of carbonyl (C=O) groups is 1. The lowest BCUT2D eigenvalue weighted by Gasteiger charge is -2.26. The SMILES string of the molecule is CCCNc1ccc(C(=O)NC2CCC(O)CC2)cn1. The van der Waals surface area contributed by atoms with Crippen LogP contribution in [0.4, 0.5) is 5.82 Å². The van der Waals surface area contributed by atoms with Crippen LogP contribution in [0.1, 0.15) is 49.4 Å². The quantitative estimate of drug-likeness (QED) is 0.769. The number of aromatic nitrogens is 1. The van der Waals surface area contributed by atoms with Crippen LogP contribution in [0, 0.1) is 0 Å². The van der Waals surface area contributed by atoms with Gasteiger partial charge >= 0.3 is 0 Å². The van der Waals surface area contributed by atoms with E-state index in [0.717, 1.165) is 44.5 Å². The maximum Gasteiger partial charge on any atom is 0.253 e. The number of nitrogens with one attached hydrogen (secondary N) is 2. The van der Waals surface area contributed by atoms with Gasteiger partial charge in [-0.3, -0.25) is 4.79 Å². The Morgan fingerprint density at radius 2 is 2.10 bits per heavy atom. The summed E-state index contributed by atoms with van der Waals surface area (Å²) in [5.74, 6) is 0.713. The molecule has 20 heavy (non-hydrogen) atoms. The number of amides is 1. The molecule has 1 aliphatic rings. The van der Waals surface area contributed by atoms with Gasteiger partial charge < -0.3 is 15.7 Å². The fourth-order valence-corrected chi connectivity index (χ4v) is 2.37. The van der Waals surface area contributed by atoms with Crippen LogP contribution in [-0.4, -0.2) is 34.7 Å². The molecule has 1 aromatic rings. The Balaban J connectivity index is 1.85. The predicted octanol–water partition coefficient (Wildman–Crippen LogP) is 1.94. The fraction of sp³-hybridized carbons (Fsp3) is 0.600. The molecule has 0 aromatic carbocycles. The highest BCUT2D eigenvalue weighted by molar-refractivity contribution is 5.94. The van der Waals surface area contributed by atoms with Crippen molar-refractivity contribution in [3.05, 3.63) is 23.9 Å². The predicted molar refractivity (Wildman–Crippen MR) is 78.7 cm³/mol. The van der Waals surface area contributed by atoms with E-state index in [1.165, 1.54) is 0 Å². The van der Waals surface area contributed by atoms with Gasteiger partial charge in [0.1, 0.15) is 5.82 Å². The van der Waals surface area contributed by atoms with E-state index < -0.39 is 0 Å². The van der Waals surface area contributed by atoms with Crippen LogP contribution in [0.25, 0.3) is 0 Å². The van der Waals surface area contributed by atoms with Crippen LogP contribution >= 0.6 is 0 Å². The zero-order chi connectivity index (χ0) is 14.4. The van der Waals surface area contributed by atoms with Gasteiger partial charge in [-0.1, -0.05) is 6.92 Å². The Hall–Kier alpha value is -1.62. The number of hydrogen-bond donors (Lipinski definition) is 3. The Morgan fingerprint density at radius 3 is 2.70 bits per heavy atom. The minimum atomic E-state index is -0.200. The highest BCUT2D eigenvalue weighted by atomic mass is 16.3. The third-order valence-corrected chi connectivity index (χ3v) is 3.61. The Kier molecular flexibility index (Phi) is 5.35. The van der Waals surface area contributed by atoms with Crippen molar-refractivity contribution in [2.24, 2.45) is 0 Å². The Morgan fingerprint density at radius 1 is 1.35 bits per heavy atom. The number of anilines is 1. The van der Waals surface area contributed by atoms with Crippen LogP contribution in [0.3, 0.4) is 0 Å².